The van der Waals surface area contributed by atoms with E-state index in [0.717, 1.165) is 15.9 Å². The van der Waals surface area contributed by atoms with Gasteiger partial charge in [0.2, 0.25) is 5.78 Å². The number of aryl methyl sites for hydroxylation is 1. The van der Waals surface area contributed by atoms with Crippen molar-refractivity contribution < 1.29 is 4.79 Å². The molecular weight excluding hydrogens is 276 g/mol. The van der Waals surface area contributed by atoms with Crippen molar-refractivity contribution in [3.63, 3.8) is 0 Å². The molecule has 5 nitrogen and oxygen atoms in total. The first-order chi connectivity index (χ1) is 8.41. The van der Waals surface area contributed by atoms with Crippen LogP contribution in [0.1, 0.15) is 15.2 Å². The molecule has 0 radical (unpaired) electrons. The molecule has 0 spiro atoms. The SMILES string of the molecule is Cn1cc(C(=O)c2ccc(Cl)s2)c(=O)n(C)c1=O. The molecule has 0 amide bonds. The third kappa shape index (κ3) is 2.04. The van der Waals surface area contributed by atoms with Gasteiger partial charge in [0.15, 0.2) is 0 Å². The van der Waals surface area contributed by atoms with Crippen LogP contribution in [0.3, 0.4) is 0 Å². The van der Waals surface area contributed by atoms with Crippen molar-refractivity contribution in [2.24, 2.45) is 14.1 Å². The van der Waals surface area contributed by atoms with Crippen LogP contribution in [0.2, 0.25) is 4.34 Å². The van der Waals surface area contributed by atoms with Gasteiger partial charge in [0.25, 0.3) is 5.56 Å². The first-order valence-electron chi connectivity index (χ1n) is 4.98. The standard InChI is InChI=1S/C11H9ClN2O3S/c1-13-5-6(10(16)14(2)11(13)17)9(15)7-3-4-8(12)18-7/h3-5H,1-2H3. The van der Waals surface area contributed by atoms with Crippen molar-refractivity contribution in [3.8, 4) is 0 Å². The maximum Gasteiger partial charge on any atom is 0.330 e. The van der Waals surface area contributed by atoms with Gasteiger partial charge in [-0.05, 0) is 12.1 Å². The molecule has 18 heavy (non-hydrogen) atoms. The number of carbonyl (C=O) groups is 1. The minimum absolute atomic E-state index is 0.0434. The second kappa shape index (κ2) is 4.55. The Morgan fingerprint density at radius 3 is 2.50 bits per heavy atom. The van der Waals surface area contributed by atoms with E-state index in [1.54, 1.807) is 12.1 Å². The summed E-state index contributed by atoms with van der Waals surface area (Å²) in [7, 11) is 2.82. The topological polar surface area (TPSA) is 61.1 Å². The Kier molecular flexibility index (Phi) is 3.23. The van der Waals surface area contributed by atoms with Crippen LogP contribution >= 0.6 is 22.9 Å². The molecule has 0 saturated carbocycles. The summed E-state index contributed by atoms with van der Waals surface area (Å²) < 4.78 is 2.58. The zero-order valence-electron chi connectivity index (χ0n) is 9.64. The Hall–Kier alpha value is -1.66. The summed E-state index contributed by atoms with van der Waals surface area (Å²) in [5.41, 5.74) is -1.12. The molecule has 2 rings (SSSR count). The number of carbonyl (C=O) groups excluding carboxylic acids is 1. The Labute approximate surface area is 111 Å². The van der Waals surface area contributed by atoms with Crippen molar-refractivity contribution in [2.75, 3.05) is 0 Å². The van der Waals surface area contributed by atoms with Gasteiger partial charge in [-0.15, -0.1) is 11.3 Å². The van der Waals surface area contributed by atoms with Crippen LogP contribution in [0, 0.1) is 0 Å². The maximum atomic E-state index is 12.1. The van der Waals surface area contributed by atoms with Gasteiger partial charge in [-0.25, -0.2) is 4.79 Å². The van der Waals surface area contributed by atoms with E-state index >= 15 is 0 Å². The lowest BCUT2D eigenvalue weighted by Gasteiger charge is -2.04. The maximum absolute atomic E-state index is 12.1. The lowest BCUT2D eigenvalue weighted by atomic mass is 10.2. The summed E-state index contributed by atoms with van der Waals surface area (Å²) in [5.74, 6) is -0.428. The molecule has 0 N–H and O–H groups in total. The van der Waals surface area contributed by atoms with Crippen molar-refractivity contribution in [1.29, 1.82) is 0 Å². The number of hydrogen-bond donors (Lipinski definition) is 0. The molecule has 0 fully saturated rings. The zero-order chi connectivity index (χ0) is 13.4. The molecule has 2 heterocycles. The molecular formula is C11H9ClN2O3S. The lowest BCUT2D eigenvalue weighted by molar-refractivity contribution is 0.103. The van der Waals surface area contributed by atoms with Crippen LogP contribution in [-0.4, -0.2) is 14.9 Å². The van der Waals surface area contributed by atoms with Gasteiger partial charge in [0.05, 0.1) is 9.21 Å². The summed E-state index contributed by atoms with van der Waals surface area (Å²) in [6.07, 6.45) is 1.25. The third-order valence-electron chi connectivity index (χ3n) is 2.49. The Balaban J connectivity index is 2.63. The van der Waals surface area contributed by atoms with Crippen molar-refractivity contribution in [3.05, 3.63) is 53.9 Å². The van der Waals surface area contributed by atoms with Crippen LogP contribution in [0.25, 0.3) is 0 Å². The van der Waals surface area contributed by atoms with Gasteiger partial charge < -0.3 is 4.57 Å². The van der Waals surface area contributed by atoms with Crippen LogP contribution in [0.5, 0.6) is 0 Å². The highest BCUT2D eigenvalue weighted by molar-refractivity contribution is 7.18. The Morgan fingerprint density at radius 1 is 1.28 bits per heavy atom. The van der Waals surface area contributed by atoms with E-state index in [1.807, 2.05) is 0 Å². The second-order valence-corrected chi connectivity index (χ2v) is 5.45. The van der Waals surface area contributed by atoms with Crippen LogP contribution in [0.15, 0.2) is 27.9 Å². The fourth-order valence-electron chi connectivity index (χ4n) is 1.53. The lowest BCUT2D eigenvalue weighted by Crippen LogP contribution is -2.39. The molecule has 0 aliphatic heterocycles. The molecule has 0 aromatic carbocycles. The van der Waals surface area contributed by atoms with Crippen molar-refractivity contribution >= 4 is 28.7 Å². The fourth-order valence-corrected chi connectivity index (χ4v) is 2.53. The third-order valence-corrected chi connectivity index (χ3v) is 3.72. The molecule has 7 heteroatoms. The van der Waals surface area contributed by atoms with Gasteiger partial charge in [0, 0.05) is 20.3 Å². The van der Waals surface area contributed by atoms with E-state index in [9.17, 15) is 14.4 Å². The van der Waals surface area contributed by atoms with Crippen molar-refractivity contribution in [1.82, 2.24) is 9.13 Å². The highest BCUT2D eigenvalue weighted by Crippen LogP contribution is 2.22. The second-order valence-electron chi connectivity index (χ2n) is 3.73. The number of ketones is 1. The summed E-state index contributed by atoms with van der Waals surface area (Å²) >= 11 is 6.84. The molecule has 94 valence electrons. The minimum atomic E-state index is -0.604. The smallest absolute Gasteiger partial charge is 0.303 e. The number of rotatable bonds is 2. The Bertz CT molecular complexity index is 741. The van der Waals surface area contributed by atoms with Crippen LogP contribution in [0.4, 0.5) is 0 Å². The first kappa shape index (κ1) is 12.8. The monoisotopic (exact) mass is 284 g/mol. The number of thiophene rings is 1. The normalized spacial score (nSPS) is 10.6. The average Bonchev–Trinajstić information content (AvgIpc) is 2.77. The number of hydrogen-bond acceptors (Lipinski definition) is 4. The molecule has 0 bridgehead atoms. The molecule has 0 atom stereocenters. The van der Waals surface area contributed by atoms with E-state index in [0.29, 0.717) is 9.21 Å². The number of aromatic nitrogens is 2. The highest BCUT2D eigenvalue weighted by Gasteiger charge is 2.17. The molecule has 0 aliphatic rings. The minimum Gasteiger partial charge on any atom is -0.303 e. The average molecular weight is 285 g/mol. The number of halogens is 1. The summed E-state index contributed by atoms with van der Waals surface area (Å²) in [5, 5.41) is 0. The van der Waals surface area contributed by atoms with E-state index < -0.39 is 17.0 Å². The van der Waals surface area contributed by atoms with Gasteiger partial charge >= 0.3 is 5.69 Å². The van der Waals surface area contributed by atoms with Crippen LogP contribution < -0.4 is 11.2 Å². The van der Waals surface area contributed by atoms with E-state index in [4.69, 9.17) is 11.6 Å². The predicted molar refractivity (Wildman–Crippen MR) is 69.7 cm³/mol. The molecule has 2 aromatic rings. The zero-order valence-corrected chi connectivity index (χ0v) is 11.2. The highest BCUT2D eigenvalue weighted by atomic mass is 35.5. The Morgan fingerprint density at radius 2 is 1.94 bits per heavy atom. The molecule has 2 aromatic heterocycles. The van der Waals surface area contributed by atoms with E-state index in [1.165, 1.54) is 24.9 Å². The van der Waals surface area contributed by atoms with Gasteiger partial charge in [-0.1, -0.05) is 11.6 Å². The predicted octanol–water partition coefficient (Wildman–Crippen LogP) is 1.03. The molecule has 0 unspecified atom stereocenters. The number of nitrogens with zero attached hydrogens (tertiary/aromatic N) is 2. The quantitative estimate of drug-likeness (QED) is 0.774. The van der Waals surface area contributed by atoms with Crippen molar-refractivity contribution in [2.45, 2.75) is 0 Å². The van der Waals surface area contributed by atoms with Gasteiger partial charge in [-0.2, -0.15) is 0 Å². The molecule has 0 saturated heterocycles. The fraction of sp³-hybridized carbons (Fsp3) is 0.182. The summed E-state index contributed by atoms with van der Waals surface area (Å²) in [4.78, 5) is 35.9. The first-order valence-corrected chi connectivity index (χ1v) is 6.18. The largest absolute Gasteiger partial charge is 0.330 e. The van der Waals surface area contributed by atoms with Crippen LogP contribution in [-0.2, 0) is 14.1 Å². The van der Waals surface area contributed by atoms with Gasteiger partial charge in [-0.3, -0.25) is 14.2 Å². The molecule has 0 aliphatic carbocycles. The summed E-state index contributed by atoms with van der Waals surface area (Å²) in [6, 6.07) is 3.14. The van der Waals surface area contributed by atoms with E-state index in [-0.39, 0.29) is 5.56 Å². The summed E-state index contributed by atoms with van der Waals surface area (Å²) in [6.45, 7) is 0. The van der Waals surface area contributed by atoms with E-state index in [2.05, 4.69) is 0 Å². The van der Waals surface area contributed by atoms with Gasteiger partial charge in [0.1, 0.15) is 5.56 Å².